The van der Waals surface area contributed by atoms with Crippen molar-refractivity contribution in [3.63, 3.8) is 0 Å². The lowest BCUT2D eigenvalue weighted by Gasteiger charge is -2.32. The van der Waals surface area contributed by atoms with Gasteiger partial charge < -0.3 is 14.9 Å². The number of rotatable bonds is 4. The van der Waals surface area contributed by atoms with Gasteiger partial charge in [0.05, 0.1) is 0 Å². The minimum atomic E-state index is 0.401. The van der Waals surface area contributed by atoms with E-state index in [1.165, 1.54) is 44.7 Å². The normalized spacial score (nSPS) is 18.1. The average Bonchev–Trinajstić information content (AvgIpc) is 2.36. The summed E-state index contributed by atoms with van der Waals surface area (Å²) < 4.78 is 0. The van der Waals surface area contributed by atoms with E-state index in [0.29, 0.717) is 5.75 Å². The molecule has 1 fully saturated rings. The lowest BCUT2D eigenvalue weighted by molar-refractivity contribution is 0.153. The van der Waals surface area contributed by atoms with Crippen LogP contribution in [0.2, 0.25) is 0 Å². The SMILES string of the molecule is Cc1cc(CCCN2CCN(C)CC2)ccc1O. The molecule has 0 bridgehead atoms. The van der Waals surface area contributed by atoms with Crippen molar-refractivity contribution in [1.82, 2.24) is 9.80 Å². The Morgan fingerprint density at radius 1 is 1.17 bits per heavy atom. The summed E-state index contributed by atoms with van der Waals surface area (Å²) in [6.07, 6.45) is 2.31. The summed E-state index contributed by atoms with van der Waals surface area (Å²) >= 11 is 0. The number of phenols is 1. The van der Waals surface area contributed by atoms with Gasteiger partial charge in [-0.3, -0.25) is 0 Å². The molecule has 2 rings (SSSR count). The first-order valence-corrected chi connectivity index (χ1v) is 6.84. The van der Waals surface area contributed by atoms with Crippen LogP contribution in [0.5, 0.6) is 5.75 Å². The van der Waals surface area contributed by atoms with Crippen molar-refractivity contribution in [2.24, 2.45) is 0 Å². The highest BCUT2D eigenvalue weighted by atomic mass is 16.3. The maximum atomic E-state index is 9.48. The number of aromatic hydroxyl groups is 1. The molecule has 3 heteroatoms. The first-order chi connectivity index (χ1) is 8.65. The van der Waals surface area contributed by atoms with E-state index in [2.05, 4.69) is 22.9 Å². The summed E-state index contributed by atoms with van der Waals surface area (Å²) in [4.78, 5) is 4.94. The molecule has 0 unspecified atom stereocenters. The molecule has 1 aliphatic rings. The van der Waals surface area contributed by atoms with Gasteiger partial charge in [-0.15, -0.1) is 0 Å². The summed E-state index contributed by atoms with van der Waals surface area (Å²) in [5.41, 5.74) is 2.31. The van der Waals surface area contributed by atoms with Crippen LogP contribution in [-0.2, 0) is 6.42 Å². The van der Waals surface area contributed by atoms with Gasteiger partial charge in [0.1, 0.15) is 5.75 Å². The fourth-order valence-corrected chi connectivity index (χ4v) is 2.45. The Balaban J connectivity index is 1.73. The highest BCUT2D eigenvalue weighted by Gasteiger charge is 2.12. The molecule has 0 radical (unpaired) electrons. The molecule has 1 N–H and O–H groups in total. The van der Waals surface area contributed by atoms with E-state index >= 15 is 0 Å². The van der Waals surface area contributed by atoms with Crippen LogP contribution in [0.25, 0.3) is 0 Å². The summed E-state index contributed by atoms with van der Waals surface area (Å²) in [7, 11) is 2.19. The van der Waals surface area contributed by atoms with Gasteiger partial charge >= 0.3 is 0 Å². The molecule has 0 saturated carbocycles. The number of hydrogen-bond donors (Lipinski definition) is 1. The van der Waals surface area contributed by atoms with Crippen molar-refractivity contribution in [1.29, 1.82) is 0 Å². The Morgan fingerprint density at radius 2 is 1.89 bits per heavy atom. The highest BCUT2D eigenvalue weighted by molar-refractivity contribution is 5.34. The van der Waals surface area contributed by atoms with E-state index < -0.39 is 0 Å². The molecular formula is C15H24N2O. The molecule has 1 aromatic carbocycles. The Bertz CT molecular complexity index is 384. The minimum absolute atomic E-state index is 0.401. The second-order valence-corrected chi connectivity index (χ2v) is 5.37. The lowest BCUT2D eigenvalue weighted by Crippen LogP contribution is -2.44. The van der Waals surface area contributed by atoms with E-state index in [1.807, 2.05) is 13.0 Å². The van der Waals surface area contributed by atoms with Crippen LogP contribution in [0.1, 0.15) is 17.5 Å². The predicted molar refractivity (Wildman–Crippen MR) is 75.1 cm³/mol. The van der Waals surface area contributed by atoms with Crippen molar-refractivity contribution >= 4 is 0 Å². The lowest BCUT2D eigenvalue weighted by atomic mass is 10.1. The zero-order valence-electron chi connectivity index (χ0n) is 11.5. The number of hydrogen-bond acceptors (Lipinski definition) is 3. The van der Waals surface area contributed by atoms with Crippen LogP contribution in [0, 0.1) is 6.92 Å². The Hall–Kier alpha value is -1.06. The molecule has 1 aromatic rings. The van der Waals surface area contributed by atoms with E-state index in [0.717, 1.165) is 12.0 Å². The van der Waals surface area contributed by atoms with Crippen molar-refractivity contribution in [2.45, 2.75) is 19.8 Å². The van der Waals surface area contributed by atoms with Crippen molar-refractivity contribution < 1.29 is 5.11 Å². The van der Waals surface area contributed by atoms with Gasteiger partial charge in [-0.2, -0.15) is 0 Å². The minimum Gasteiger partial charge on any atom is -0.508 e. The monoisotopic (exact) mass is 248 g/mol. The zero-order chi connectivity index (χ0) is 13.0. The third kappa shape index (κ3) is 3.72. The molecule has 0 atom stereocenters. The Labute approximate surface area is 110 Å². The predicted octanol–water partition coefficient (Wildman–Crippen LogP) is 1.88. The van der Waals surface area contributed by atoms with Crippen LogP contribution in [-0.4, -0.2) is 54.7 Å². The van der Waals surface area contributed by atoms with Crippen LogP contribution in [0.3, 0.4) is 0 Å². The van der Waals surface area contributed by atoms with Crippen molar-refractivity contribution in [3.05, 3.63) is 29.3 Å². The summed E-state index contributed by atoms with van der Waals surface area (Å²) in [6.45, 7) is 7.93. The van der Waals surface area contributed by atoms with Gasteiger partial charge in [-0.1, -0.05) is 12.1 Å². The van der Waals surface area contributed by atoms with Gasteiger partial charge in [0, 0.05) is 26.2 Å². The standard InChI is InChI=1S/C15H24N2O/c1-13-12-14(5-6-15(13)18)4-3-7-17-10-8-16(2)9-11-17/h5-6,12,18H,3-4,7-11H2,1-2H3. The molecule has 18 heavy (non-hydrogen) atoms. The van der Waals surface area contributed by atoms with E-state index in [4.69, 9.17) is 0 Å². The second-order valence-electron chi connectivity index (χ2n) is 5.37. The fraction of sp³-hybridized carbons (Fsp3) is 0.600. The van der Waals surface area contributed by atoms with Crippen LogP contribution >= 0.6 is 0 Å². The molecule has 1 saturated heterocycles. The molecular weight excluding hydrogens is 224 g/mol. The molecule has 0 aromatic heterocycles. The maximum Gasteiger partial charge on any atom is 0.118 e. The maximum absolute atomic E-state index is 9.48. The van der Waals surface area contributed by atoms with Crippen LogP contribution < -0.4 is 0 Å². The average molecular weight is 248 g/mol. The zero-order valence-corrected chi connectivity index (χ0v) is 11.5. The number of benzene rings is 1. The highest BCUT2D eigenvalue weighted by Crippen LogP contribution is 2.18. The molecule has 0 spiro atoms. The third-order valence-electron chi connectivity index (χ3n) is 3.80. The van der Waals surface area contributed by atoms with Gasteiger partial charge in [0.2, 0.25) is 0 Å². The Morgan fingerprint density at radius 3 is 2.56 bits per heavy atom. The summed E-state index contributed by atoms with van der Waals surface area (Å²) in [5.74, 6) is 0.401. The van der Waals surface area contributed by atoms with Gasteiger partial charge in [0.15, 0.2) is 0 Å². The molecule has 100 valence electrons. The summed E-state index contributed by atoms with van der Waals surface area (Å²) in [6, 6.07) is 5.94. The number of likely N-dealkylation sites (N-methyl/N-ethyl adjacent to an activating group) is 1. The smallest absolute Gasteiger partial charge is 0.118 e. The van der Waals surface area contributed by atoms with Gasteiger partial charge in [-0.05, 0) is 50.6 Å². The van der Waals surface area contributed by atoms with Gasteiger partial charge in [0.25, 0.3) is 0 Å². The van der Waals surface area contributed by atoms with E-state index in [1.54, 1.807) is 6.07 Å². The molecule has 0 amide bonds. The molecule has 1 aliphatic heterocycles. The Kier molecular flexibility index (Phi) is 4.61. The van der Waals surface area contributed by atoms with E-state index in [9.17, 15) is 5.11 Å². The number of piperazine rings is 1. The quantitative estimate of drug-likeness (QED) is 0.881. The number of aryl methyl sites for hydroxylation is 2. The van der Waals surface area contributed by atoms with Crippen LogP contribution in [0.4, 0.5) is 0 Å². The largest absolute Gasteiger partial charge is 0.508 e. The third-order valence-corrected chi connectivity index (χ3v) is 3.80. The van der Waals surface area contributed by atoms with E-state index in [-0.39, 0.29) is 0 Å². The van der Waals surface area contributed by atoms with Gasteiger partial charge in [-0.25, -0.2) is 0 Å². The van der Waals surface area contributed by atoms with Crippen LogP contribution in [0.15, 0.2) is 18.2 Å². The molecule has 0 aliphatic carbocycles. The summed E-state index contributed by atoms with van der Waals surface area (Å²) in [5, 5.41) is 9.48. The molecule has 1 heterocycles. The fourth-order valence-electron chi connectivity index (χ4n) is 2.45. The molecule has 3 nitrogen and oxygen atoms in total. The van der Waals surface area contributed by atoms with Crippen molar-refractivity contribution in [3.8, 4) is 5.75 Å². The second kappa shape index (κ2) is 6.21. The number of phenolic OH excluding ortho intramolecular Hbond substituents is 1. The van der Waals surface area contributed by atoms with Crippen molar-refractivity contribution in [2.75, 3.05) is 39.8 Å². The topological polar surface area (TPSA) is 26.7 Å². The first-order valence-electron chi connectivity index (χ1n) is 6.84. The number of nitrogens with zero attached hydrogens (tertiary/aromatic N) is 2. The first kappa shape index (κ1) is 13.4.